The van der Waals surface area contributed by atoms with Gasteiger partial charge in [0.15, 0.2) is 11.5 Å². The smallest absolute Gasteiger partial charge is 0.277 e. The molecule has 29 heavy (non-hydrogen) atoms. The van der Waals surface area contributed by atoms with Crippen molar-refractivity contribution in [2.24, 2.45) is 0 Å². The first-order valence-corrected chi connectivity index (χ1v) is 10.2. The molecule has 3 aromatic rings. The van der Waals surface area contributed by atoms with Crippen LogP contribution in [-0.4, -0.2) is 30.6 Å². The van der Waals surface area contributed by atoms with Crippen molar-refractivity contribution in [2.45, 2.75) is 50.5 Å². The number of hydrogen-bond donors (Lipinski definition) is 2. The fourth-order valence-corrected chi connectivity index (χ4v) is 3.83. The van der Waals surface area contributed by atoms with E-state index in [1.165, 1.54) is 19.2 Å². The van der Waals surface area contributed by atoms with Gasteiger partial charge in [-0.2, -0.15) is 5.10 Å². The third-order valence-electron chi connectivity index (χ3n) is 5.52. The van der Waals surface area contributed by atoms with Gasteiger partial charge in [-0.3, -0.25) is 9.48 Å². The molecule has 2 N–H and O–H groups in total. The first kappa shape index (κ1) is 17.8. The van der Waals surface area contributed by atoms with E-state index in [4.69, 9.17) is 0 Å². The number of nitrogens with zero attached hydrogens (tertiary/aromatic N) is 5. The minimum atomic E-state index is -0.275. The van der Waals surface area contributed by atoms with E-state index in [1.54, 1.807) is 12.4 Å². The Morgan fingerprint density at radius 2 is 1.83 bits per heavy atom. The lowest BCUT2D eigenvalue weighted by atomic mass is 10.2. The van der Waals surface area contributed by atoms with Crippen molar-refractivity contribution >= 4 is 23.1 Å². The van der Waals surface area contributed by atoms with Crippen LogP contribution in [0.25, 0.3) is 0 Å². The third-order valence-corrected chi connectivity index (χ3v) is 5.52. The first-order valence-electron chi connectivity index (χ1n) is 10.2. The van der Waals surface area contributed by atoms with Crippen LogP contribution < -0.4 is 10.6 Å². The van der Waals surface area contributed by atoms with Gasteiger partial charge < -0.3 is 10.6 Å². The Kier molecular flexibility index (Phi) is 4.67. The Morgan fingerprint density at radius 1 is 1.03 bits per heavy atom. The van der Waals surface area contributed by atoms with E-state index >= 15 is 0 Å². The molecule has 8 nitrogen and oxygen atoms in total. The highest BCUT2D eigenvalue weighted by Gasteiger charge is 2.27. The number of pyridine rings is 1. The predicted octanol–water partition coefficient (Wildman–Crippen LogP) is 4.06. The summed E-state index contributed by atoms with van der Waals surface area (Å²) in [6, 6.07) is 6.17. The van der Waals surface area contributed by atoms with Crippen LogP contribution in [0, 0.1) is 0 Å². The molecule has 3 heterocycles. The highest BCUT2D eigenvalue weighted by Crippen LogP contribution is 2.39. The Morgan fingerprint density at radius 3 is 2.59 bits per heavy atom. The second-order valence-corrected chi connectivity index (χ2v) is 7.73. The minimum absolute atomic E-state index is 0.275. The highest BCUT2D eigenvalue weighted by atomic mass is 16.2. The maximum Gasteiger partial charge on any atom is 0.277 e. The fraction of sp³-hybridized carbons (Fsp3) is 0.381. The van der Waals surface area contributed by atoms with Crippen LogP contribution in [0.4, 0.5) is 17.2 Å². The quantitative estimate of drug-likeness (QED) is 0.660. The van der Waals surface area contributed by atoms with Crippen molar-refractivity contribution in [3.05, 3.63) is 54.5 Å². The SMILES string of the molecule is O=C(Nc1ccn(C2CCCC2)n1)c1nc(C2CC2)ccc1Nc1cncnc1. The van der Waals surface area contributed by atoms with Gasteiger partial charge in [0, 0.05) is 23.9 Å². The van der Waals surface area contributed by atoms with Gasteiger partial charge in [-0.1, -0.05) is 12.8 Å². The fourth-order valence-electron chi connectivity index (χ4n) is 3.83. The lowest BCUT2D eigenvalue weighted by Crippen LogP contribution is -2.17. The molecule has 5 rings (SSSR count). The molecule has 2 aliphatic rings. The van der Waals surface area contributed by atoms with E-state index in [0.29, 0.717) is 34.8 Å². The van der Waals surface area contributed by atoms with Gasteiger partial charge in [0.2, 0.25) is 0 Å². The molecule has 1 amide bonds. The zero-order valence-corrected chi connectivity index (χ0v) is 16.1. The minimum Gasteiger partial charge on any atom is -0.351 e. The summed E-state index contributed by atoms with van der Waals surface area (Å²) in [5.74, 6) is 0.732. The van der Waals surface area contributed by atoms with Gasteiger partial charge in [-0.25, -0.2) is 15.0 Å². The monoisotopic (exact) mass is 389 g/mol. The van der Waals surface area contributed by atoms with Crippen LogP contribution in [0.3, 0.4) is 0 Å². The number of rotatable bonds is 6. The number of aromatic nitrogens is 5. The van der Waals surface area contributed by atoms with Crippen LogP contribution >= 0.6 is 0 Å². The number of amides is 1. The molecule has 2 fully saturated rings. The molecule has 0 aliphatic heterocycles. The Labute approximate surface area is 168 Å². The van der Waals surface area contributed by atoms with Crippen LogP contribution in [0.15, 0.2) is 43.1 Å². The van der Waals surface area contributed by atoms with Crippen LogP contribution in [0.1, 0.15) is 66.7 Å². The van der Waals surface area contributed by atoms with E-state index in [9.17, 15) is 4.79 Å². The Balaban J connectivity index is 1.39. The summed E-state index contributed by atoms with van der Waals surface area (Å²) in [7, 11) is 0. The molecule has 0 spiro atoms. The number of nitrogens with one attached hydrogen (secondary N) is 2. The number of anilines is 3. The first-order chi connectivity index (χ1) is 14.3. The van der Waals surface area contributed by atoms with Crippen molar-refractivity contribution in [3.8, 4) is 0 Å². The Hall–Kier alpha value is -3.29. The number of carbonyl (C=O) groups is 1. The van der Waals surface area contributed by atoms with Crippen LogP contribution in [-0.2, 0) is 0 Å². The maximum absolute atomic E-state index is 13.1. The molecule has 148 valence electrons. The highest BCUT2D eigenvalue weighted by molar-refractivity contribution is 6.06. The molecule has 0 unspecified atom stereocenters. The largest absolute Gasteiger partial charge is 0.351 e. The van der Waals surface area contributed by atoms with Crippen molar-refractivity contribution in [2.75, 3.05) is 10.6 Å². The van der Waals surface area contributed by atoms with Crippen molar-refractivity contribution in [1.82, 2.24) is 24.7 Å². The molecule has 0 atom stereocenters. The van der Waals surface area contributed by atoms with Crippen molar-refractivity contribution < 1.29 is 4.79 Å². The number of carbonyl (C=O) groups excluding carboxylic acids is 1. The molecular formula is C21H23N7O. The van der Waals surface area contributed by atoms with E-state index in [0.717, 1.165) is 31.4 Å². The molecule has 2 aliphatic carbocycles. The summed E-state index contributed by atoms with van der Waals surface area (Å²) in [6.07, 6.45) is 13.7. The zero-order valence-electron chi connectivity index (χ0n) is 16.1. The van der Waals surface area contributed by atoms with Gasteiger partial charge in [-0.05, 0) is 37.8 Å². The van der Waals surface area contributed by atoms with Crippen molar-refractivity contribution in [1.29, 1.82) is 0 Å². The summed E-state index contributed by atoms with van der Waals surface area (Å²) < 4.78 is 1.97. The van der Waals surface area contributed by atoms with E-state index in [1.807, 2.05) is 29.1 Å². The lowest BCUT2D eigenvalue weighted by molar-refractivity contribution is 0.102. The maximum atomic E-state index is 13.1. The molecular weight excluding hydrogens is 366 g/mol. The summed E-state index contributed by atoms with van der Waals surface area (Å²) >= 11 is 0. The van der Waals surface area contributed by atoms with Gasteiger partial charge in [0.1, 0.15) is 6.33 Å². The standard InChI is InChI=1S/C21H23N7O/c29-21(26-19-9-10-28(27-19)16-3-1-2-4-16)20-18(24-15-11-22-13-23-12-15)8-7-17(25-20)14-5-6-14/h7-14,16,24H,1-6H2,(H,26,27,29). The Bertz CT molecular complexity index is 1010. The molecule has 2 saturated carbocycles. The van der Waals surface area contributed by atoms with Gasteiger partial charge in [0.25, 0.3) is 5.91 Å². The predicted molar refractivity (Wildman–Crippen MR) is 109 cm³/mol. The molecule has 8 heteroatoms. The van der Waals surface area contributed by atoms with Crippen LogP contribution in [0.2, 0.25) is 0 Å². The molecule has 0 radical (unpaired) electrons. The summed E-state index contributed by atoms with van der Waals surface area (Å²) in [5.41, 5.74) is 2.64. The molecule has 0 bridgehead atoms. The average Bonchev–Trinajstić information content (AvgIpc) is 3.24. The van der Waals surface area contributed by atoms with Gasteiger partial charge >= 0.3 is 0 Å². The van der Waals surface area contributed by atoms with Gasteiger partial charge in [-0.15, -0.1) is 0 Å². The van der Waals surface area contributed by atoms with Gasteiger partial charge in [0.05, 0.1) is 29.8 Å². The average molecular weight is 389 g/mol. The number of hydrogen-bond acceptors (Lipinski definition) is 6. The normalized spacial score (nSPS) is 16.7. The van der Waals surface area contributed by atoms with Crippen LogP contribution in [0.5, 0.6) is 0 Å². The van der Waals surface area contributed by atoms with Crippen molar-refractivity contribution in [3.63, 3.8) is 0 Å². The molecule has 0 saturated heterocycles. The van der Waals surface area contributed by atoms with E-state index < -0.39 is 0 Å². The summed E-state index contributed by atoms with van der Waals surface area (Å²) in [6.45, 7) is 0. The zero-order chi connectivity index (χ0) is 19.6. The lowest BCUT2D eigenvalue weighted by Gasteiger charge is -2.12. The molecule has 3 aromatic heterocycles. The topological polar surface area (TPSA) is 97.6 Å². The molecule has 0 aromatic carbocycles. The second-order valence-electron chi connectivity index (χ2n) is 7.73. The second kappa shape index (κ2) is 7.62. The summed E-state index contributed by atoms with van der Waals surface area (Å²) in [5, 5.41) is 10.7. The van der Waals surface area contributed by atoms with E-state index in [-0.39, 0.29) is 5.91 Å². The summed E-state index contributed by atoms with van der Waals surface area (Å²) in [4.78, 5) is 25.7. The third kappa shape index (κ3) is 3.96. The van der Waals surface area contributed by atoms with E-state index in [2.05, 4.69) is 30.7 Å².